The molecule has 0 bridgehead atoms. The number of aromatic nitrogens is 2. The Morgan fingerprint density at radius 2 is 2.50 bits per heavy atom. The van der Waals surface area contributed by atoms with Crippen molar-refractivity contribution in [3.8, 4) is 0 Å². The molecule has 1 rings (SSSR count). The highest BCUT2D eigenvalue weighted by Gasteiger charge is 2.02. The average molecular weight is 204 g/mol. The molecule has 0 aliphatic carbocycles. The van der Waals surface area contributed by atoms with Gasteiger partial charge in [0.1, 0.15) is 4.60 Å². The normalized spacial score (nSPS) is 10.3. The van der Waals surface area contributed by atoms with Crippen molar-refractivity contribution < 1.29 is 0 Å². The molecule has 0 aromatic carbocycles. The SMILES string of the molecule is Cn1cnc(Br)c1CCN. The fourth-order valence-corrected chi connectivity index (χ4v) is 1.41. The number of hydrogen-bond acceptors (Lipinski definition) is 2. The van der Waals surface area contributed by atoms with Crippen LogP contribution in [0.15, 0.2) is 10.9 Å². The second-order valence-electron chi connectivity index (χ2n) is 2.13. The van der Waals surface area contributed by atoms with E-state index in [1.165, 1.54) is 0 Å². The molecule has 0 aliphatic heterocycles. The molecule has 1 aromatic heterocycles. The summed E-state index contributed by atoms with van der Waals surface area (Å²) in [5, 5.41) is 0. The van der Waals surface area contributed by atoms with E-state index in [1.807, 2.05) is 11.6 Å². The maximum Gasteiger partial charge on any atom is 0.127 e. The van der Waals surface area contributed by atoms with Crippen molar-refractivity contribution in [2.75, 3.05) is 6.54 Å². The Bertz CT molecular complexity index is 199. The van der Waals surface area contributed by atoms with Gasteiger partial charge in [0.25, 0.3) is 0 Å². The number of imidazole rings is 1. The summed E-state index contributed by atoms with van der Waals surface area (Å²) in [4.78, 5) is 4.06. The lowest BCUT2D eigenvalue weighted by Crippen LogP contribution is -2.06. The van der Waals surface area contributed by atoms with Crippen LogP contribution < -0.4 is 5.73 Å². The van der Waals surface area contributed by atoms with Crippen molar-refractivity contribution in [2.45, 2.75) is 6.42 Å². The second-order valence-corrected chi connectivity index (χ2v) is 2.88. The van der Waals surface area contributed by atoms with Crippen molar-refractivity contribution in [1.82, 2.24) is 9.55 Å². The molecule has 0 saturated carbocycles. The molecule has 0 radical (unpaired) electrons. The van der Waals surface area contributed by atoms with Crippen LogP contribution in [-0.2, 0) is 13.5 Å². The van der Waals surface area contributed by atoms with Gasteiger partial charge in [0.15, 0.2) is 0 Å². The van der Waals surface area contributed by atoms with E-state index in [2.05, 4.69) is 20.9 Å². The second kappa shape index (κ2) is 3.16. The Morgan fingerprint density at radius 3 is 2.90 bits per heavy atom. The van der Waals surface area contributed by atoms with E-state index >= 15 is 0 Å². The summed E-state index contributed by atoms with van der Waals surface area (Å²) in [7, 11) is 1.96. The molecule has 0 fully saturated rings. The highest BCUT2D eigenvalue weighted by molar-refractivity contribution is 9.10. The van der Waals surface area contributed by atoms with Gasteiger partial charge < -0.3 is 10.3 Å². The molecule has 1 aromatic rings. The van der Waals surface area contributed by atoms with Gasteiger partial charge in [0.2, 0.25) is 0 Å². The van der Waals surface area contributed by atoms with Gasteiger partial charge in [-0.15, -0.1) is 0 Å². The molecule has 56 valence electrons. The molecular formula is C6H10BrN3. The third-order valence-electron chi connectivity index (χ3n) is 1.39. The smallest absolute Gasteiger partial charge is 0.127 e. The molecule has 0 aliphatic rings. The summed E-state index contributed by atoms with van der Waals surface area (Å²) >= 11 is 3.33. The first-order chi connectivity index (χ1) is 4.75. The maximum atomic E-state index is 5.40. The largest absolute Gasteiger partial charge is 0.337 e. The molecule has 1 heterocycles. The molecule has 3 nitrogen and oxygen atoms in total. The quantitative estimate of drug-likeness (QED) is 0.769. The zero-order chi connectivity index (χ0) is 7.56. The Labute approximate surface area is 68.4 Å². The predicted molar refractivity (Wildman–Crippen MR) is 43.7 cm³/mol. The van der Waals surface area contributed by atoms with Gasteiger partial charge in [-0.1, -0.05) is 0 Å². The van der Waals surface area contributed by atoms with Gasteiger partial charge >= 0.3 is 0 Å². The van der Waals surface area contributed by atoms with Crippen molar-refractivity contribution >= 4 is 15.9 Å². The summed E-state index contributed by atoms with van der Waals surface area (Å²) in [5.41, 5.74) is 6.55. The first-order valence-electron chi connectivity index (χ1n) is 3.11. The Kier molecular flexibility index (Phi) is 2.45. The number of rotatable bonds is 2. The van der Waals surface area contributed by atoms with Crippen LogP contribution in [0.25, 0.3) is 0 Å². The summed E-state index contributed by atoms with van der Waals surface area (Å²) in [6, 6.07) is 0. The fourth-order valence-electron chi connectivity index (χ4n) is 0.843. The van der Waals surface area contributed by atoms with Gasteiger partial charge in [-0.05, 0) is 22.5 Å². The first kappa shape index (κ1) is 7.75. The molecule has 0 spiro atoms. The van der Waals surface area contributed by atoms with Gasteiger partial charge in [0, 0.05) is 13.5 Å². The Balaban J connectivity index is 2.87. The molecule has 0 atom stereocenters. The summed E-state index contributed by atoms with van der Waals surface area (Å²) in [6.45, 7) is 0.665. The molecule has 10 heavy (non-hydrogen) atoms. The number of nitrogens with two attached hydrogens (primary N) is 1. The zero-order valence-electron chi connectivity index (χ0n) is 5.84. The average Bonchev–Trinajstić information content (AvgIpc) is 2.20. The van der Waals surface area contributed by atoms with Crippen molar-refractivity contribution in [2.24, 2.45) is 12.8 Å². The van der Waals surface area contributed by atoms with Crippen molar-refractivity contribution in [1.29, 1.82) is 0 Å². The minimum absolute atomic E-state index is 0.665. The van der Waals surface area contributed by atoms with Crippen molar-refractivity contribution in [3.63, 3.8) is 0 Å². The molecule has 0 unspecified atom stereocenters. The minimum Gasteiger partial charge on any atom is -0.337 e. The number of halogens is 1. The van der Waals surface area contributed by atoms with Gasteiger partial charge in [-0.2, -0.15) is 0 Å². The molecule has 0 saturated heterocycles. The van der Waals surface area contributed by atoms with Crippen LogP contribution >= 0.6 is 15.9 Å². The molecular weight excluding hydrogens is 194 g/mol. The Morgan fingerprint density at radius 1 is 1.80 bits per heavy atom. The summed E-state index contributed by atoms with van der Waals surface area (Å²) < 4.78 is 2.87. The predicted octanol–water partition coefficient (Wildman–Crippen LogP) is 0.684. The van der Waals surface area contributed by atoms with E-state index in [0.717, 1.165) is 16.7 Å². The lowest BCUT2D eigenvalue weighted by Gasteiger charge is -1.98. The highest BCUT2D eigenvalue weighted by Crippen LogP contribution is 2.12. The lowest BCUT2D eigenvalue weighted by molar-refractivity contribution is 0.801. The van der Waals surface area contributed by atoms with Crippen LogP contribution in [0.2, 0.25) is 0 Å². The number of hydrogen-bond donors (Lipinski definition) is 1. The zero-order valence-corrected chi connectivity index (χ0v) is 7.43. The van der Waals surface area contributed by atoms with Crippen LogP contribution in [0.1, 0.15) is 5.69 Å². The standard InChI is InChI=1S/C6H10BrN3/c1-10-4-9-6(7)5(10)2-3-8/h4H,2-3,8H2,1H3. The topological polar surface area (TPSA) is 43.8 Å². The van der Waals surface area contributed by atoms with Crippen molar-refractivity contribution in [3.05, 3.63) is 16.6 Å². The molecule has 2 N–H and O–H groups in total. The van der Waals surface area contributed by atoms with E-state index in [4.69, 9.17) is 5.73 Å². The van der Waals surface area contributed by atoms with E-state index in [0.29, 0.717) is 6.54 Å². The Hall–Kier alpha value is -0.350. The highest BCUT2D eigenvalue weighted by atomic mass is 79.9. The van der Waals surface area contributed by atoms with Crippen LogP contribution in [0.3, 0.4) is 0 Å². The van der Waals surface area contributed by atoms with Gasteiger partial charge in [0.05, 0.1) is 12.0 Å². The van der Waals surface area contributed by atoms with Crippen LogP contribution in [0.4, 0.5) is 0 Å². The van der Waals surface area contributed by atoms with Crippen LogP contribution in [0, 0.1) is 0 Å². The first-order valence-corrected chi connectivity index (χ1v) is 3.90. The molecule has 0 amide bonds. The number of aryl methyl sites for hydroxylation is 1. The maximum absolute atomic E-state index is 5.40. The van der Waals surface area contributed by atoms with E-state index in [9.17, 15) is 0 Å². The summed E-state index contributed by atoms with van der Waals surface area (Å²) in [6.07, 6.45) is 2.64. The monoisotopic (exact) mass is 203 g/mol. The number of nitrogens with zero attached hydrogens (tertiary/aromatic N) is 2. The van der Waals surface area contributed by atoms with Crippen LogP contribution in [0.5, 0.6) is 0 Å². The van der Waals surface area contributed by atoms with E-state index in [-0.39, 0.29) is 0 Å². The molecule has 4 heteroatoms. The van der Waals surface area contributed by atoms with Gasteiger partial charge in [-0.3, -0.25) is 0 Å². The third-order valence-corrected chi connectivity index (χ3v) is 2.05. The van der Waals surface area contributed by atoms with E-state index < -0.39 is 0 Å². The third kappa shape index (κ3) is 1.38. The van der Waals surface area contributed by atoms with Gasteiger partial charge in [-0.25, -0.2) is 4.98 Å². The van der Waals surface area contributed by atoms with E-state index in [1.54, 1.807) is 6.33 Å². The summed E-state index contributed by atoms with van der Waals surface area (Å²) in [5.74, 6) is 0. The minimum atomic E-state index is 0.665. The fraction of sp³-hybridized carbons (Fsp3) is 0.500. The van der Waals surface area contributed by atoms with Crippen LogP contribution in [-0.4, -0.2) is 16.1 Å². The lowest BCUT2D eigenvalue weighted by atomic mass is 10.3.